The van der Waals surface area contributed by atoms with E-state index in [1.807, 2.05) is 12.1 Å². The highest BCUT2D eigenvalue weighted by Crippen LogP contribution is 2.33. The molecule has 1 amide bonds. The average molecular weight is 430 g/mol. The molecular weight excluding hydrogens is 418 g/mol. The van der Waals surface area contributed by atoms with E-state index < -0.39 is 21.8 Å². The molecule has 0 aliphatic carbocycles. The molecule has 6 nitrogen and oxygen atoms in total. The Morgan fingerprint density at radius 3 is 2.58 bits per heavy atom. The first-order valence-corrected chi connectivity index (χ1v) is 10.5. The van der Waals surface area contributed by atoms with Crippen molar-refractivity contribution in [2.75, 3.05) is 12.3 Å². The highest BCUT2D eigenvalue weighted by molar-refractivity contribution is 8.26. The van der Waals surface area contributed by atoms with Gasteiger partial charge in [0.05, 0.1) is 10.7 Å². The predicted molar refractivity (Wildman–Crippen MR) is 105 cm³/mol. The van der Waals surface area contributed by atoms with Gasteiger partial charge in [0, 0.05) is 23.2 Å². The van der Waals surface area contributed by atoms with Crippen LogP contribution in [0.25, 0.3) is 17.4 Å². The first-order chi connectivity index (χ1) is 12.2. The third-order valence-corrected chi connectivity index (χ3v) is 5.80. The van der Waals surface area contributed by atoms with E-state index >= 15 is 0 Å². The fourth-order valence-electron chi connectivity index (χ4n) is 2.23. The molecule has 2 aromatic rings. The van der Waals surface area contributed by atoms with Gasteiger partial charge in [0.25, 0.3) is 16.0 Å². The summed E-state index contributed by atoms with van der Waals surface area (Å²) in [6.45, 7) is -0.199. The van der Waals surface area contributed by atoms with E-state index in [0.29, 0.717) is 21.4 Å². The van der Waals surface area contributed by atoms with Gasteiger partial charge in [0.1, 0.15) is 15.8 Å². The normalized spacial score (nSPS) is 16.7. The van der Waals surface area contributed by atoms with E-state index in [1.165, 1.54) is 0 Å². The zero-order valence-corrected chi connectivity index (χ0v) is 16.3. The molecule has 2 heterocycles. The number of thioether (sulfide) groups is 1. The van der Waals surface area contributed by atoms with E-state index in [-0.39, 0.29) is 10.9 Å². The first-order valence-electron chi connectivity index (χ1n) is 7.29. The number of hydrogen-bond acceptors (Lipinski definition) is 6. The van der Waals surface area contributed by atoms with Crippen molar-refractivity contribution in [3.05, 3.63) is 52.1 Å². The maximum atomic E-state index is 12.4. The van der Waals surface area contributed by atoms with Crippen LogP contribution in [0.2, 0.25) is 5.02 Å². The van der Waals surface area contributed by atoms with Gasteiger partial charge in [-0.15, -0.1) is 0 Å². The fraction of sp³-hybridized carbons (Fsp3) is 0.125. The summed E-state index contributed by atoms with van der Waals surface area (Å²) in [7, 11) is -4.18. The zero-order chi connectivity index (χ0) is 18.9. The molecule has 0 saturated carbocycles. The molecule has 1 aromatic carbocycles. The molecule has 10 heteroatoms. The van der Waals surface area contributed by atoms with E-state index in [0.717, 1.165) is 22.2 Å². The van der Waals surface area contributed by atoms with E-state index in [9.17, 15) is 13.2 Å². The first kappa shape index (κ1) is 19.1. The van der Waals surface area contributed by atoms with E-state index in [4.69, 9.17) is 32.8 Å². The van der Waals surface area contributed by atoms with Crippen molar-refractivity contribution >= 4 is 62.0 Å². The van der Waals surface area contributed by atoms with Gasteiger partial charge >= 0.3 is 0 Å². The third-order valence-electron chi connectivity index (χ3n) is 3.48. The lowest BCUT2D eigenvalue weighted by Gasteiger charge is -2.12. The van der Waals surface area contributed by atoms with E-state index in [2.05, 4.69) is 0 Å². The van der Waals surface area contributed by atoms with Crippen LogP contribution in [-0.4, -0.2) is 40.4 Å². The summed E-state index contributed by atoms with van der Waals surface area (Å²) < 4.78 is 36.5. The molecule has 1 saturated heterocycles. The molecule has 3 rings (SSSR count). The van der Waals surface area contributed by atoms with Crippen LogP contribution in [0.1, 0.15) is 5.76 Å². The minimum atomic E-state index is -4.18. The van der Waals surface area contributed by atoms with Crippen LogP contribution in [0.3, 0.4) is 0 Å². The summed E-state index contributed by atoms with van der Waals surface area (Å²) in [4.78, 5) is 13.8. The third kappa shape index (κ3) is 4.54. The van der Waals surface area contributed by atoms with Crippen LogP contribution in [0.15, 0.2) is 45.7 Å². The Morgan fingerprint density at radius 2 is 1.92 bits per heavy atom. The lowest BCUT2D eigenvalue weighted by Crippen LogP contribution is -2.32. The average Bonchev–Trinajstić information content (AvgIpc) is 3.12. The molecule has 0 radical (unpaired) electrons. The molecule has 1 aromatic heterocycles. The zero-order valence-electron chi connectivity index (χ0n) is 13.1. The standard InChI is InChI=1S/C16H12ClNO5S3/c17-11-3-1-10(2-4-11)13-6-5-12(23-13)9-14-15(19)18(16(24)25-14)7-8-26(20,21)22/h1-6,9H,7-8H2,(H,20,21,22)/b14-9+. The van der Waals surface area contributed by atoms with Crippen LogP contribution in [0, 0.1) is 0 Å². The Balaban J connectivity index is 1.77. The SMILES string of the molecule is O=C1/C(=C\c2ccc(-c3ccc(Cl)cc3)o2)SC(=S)N1CCS(=O)(=O)O. The van der Waals surface area contributed by atoms with Crippen LogP contribution in [-0.2, 0) is 14.9 Å². The van der Waals surface area contributed by atoms with Gasteiger partial charge in [-0.1, -0.05) is 35.6 Å². The minimum Gasteiger partial charge on any atom is -0.457 e. The number of benzene rings is 1. The van der Waals surface area contributed by atoms with Crippen molar-refractivity contribution in [3.8, 4) is 11.3 Å². The number of carbonyl (C=O) groups is 1. The summed E-state index contributed by atoms with van der Waals surface area (Å²) in [5.41, 5.74) is 0.842. The van der Waals surface area contributed by atoms with E-state index in [1.54, 1.807) is 30.3 Å². The molecule has 1 aliphatic rings. The summed E-state index contributed by atoms with van der Waals surface area (Å²) in [5, 5.41) is 0.620. The highest BCUT2D eigenvalue weighted by atomic mass is 35.5. The van der Waals surface area contributed by atoms with Gasteiger partial charge in [-0.2, -0.15) is 8.42 Å². The quantitative estimate of drug-likeness (QED) is 0.440. The molecule has 26 heavy (non-hydrogen) atoms. The molecule has 0 unspecified atom stereocenters. The number of rotatable bonds is 5. The van der Waals surface area contributed by atoms with Gasteiger partial charge < -0.3 is 4.42 Å². The monoisotopic (exact) mass is 429 g/mol. The second-order valence-electron chi connectivity index (χ2n) is 5.33. The van der Waals surface area contributed by atoms with Gasteiger partial charge in [0.15, 0.2) is 0 Å². The Hall–Kier alpha value is -1.65. The second-order valence-corrected chi connectivity index (χ2v) is 9.01. The molecular formula is C16H12ClNO5S3. The Bertz CT molecular complexity index is 995. The predicted octanol–water partition coefficient (Wildman–Crippen LogP) is 3.69. The van der Waals surface area contributed by atoms with Crippen LogP contribution in [0.5, 0.6) is 0 Å². The topological polar surface area (TPSA) is 87.8 Å². The van der Waals surface area contributed by atoms with Gasteiger partial charge in [-0.05, 0) is 36.4 Å². The molecule has 0 bridgehead atoms. The maximum Gasteiger partial charge on any atom is 0.266 e. The van der Waals surface area contributed by atoms with Crippen molar-refractivity contribution in [3.63, 3.8) is 0 Å². The Labute approximate surface area is 164 Å². The number of carbonyl (C=O) groups excluding carboxylic acids is 1. The molecule has 1 fully saturated rings. The van der Waals surface area contributed by atoms with Gasteiger partial charge in [0.2, 0.25) is 0 Å². The largest absolute Gasteiger partial charge is 0.457 e. The summed E-state index contributed by atoms with van der Waals surface area (Å²) in [5.74, 6) is 0.0851. The van der Waals surface area contributed by atoms with Crippen molar-refractivity contribution < 1.29 is 22.2 Å². The smallest absolute Gasteiger partial charge is 0.266 e. The summed E-state index contributed by atoms with van der Waals surface area (Å²) in [6.07, 6.45) is 1.55. The second kappa shape index (κ2) is 7.53. The van der Waals surface area contributed by atoms with Crippen molar-refractivity contribution in [2.45, 2.75) is 0 Å². The van der Waals surface area contributed by atoms with Gasteiger partial charge in [-0.25, -0.2) is 0 Å². The summed E-state index contributed by atoms with van der Waals surface area (Å²) >= 11 is 12.0. The van der Waals surface area contributed by atoms with Crippen molar-refractivity contribution in [2.24, 2.45) is 0 Å². The number of halogens is 1. The van der Waals surface area contributed by atoms with Crippen LogP contribution >= 0.6 is 35.6 Å². The molecule has 1 aliphatic heterocycles. The lowest BCUT2D eigenvalue weighted by atomic mass is 10.2. The van der Waals surface area contributed by atoms with Crippen molar-refractivity contribution in [1.82, 2.24) is 4.90 Å². The molecule has 0 atom stereocenters. The maximum absolute atomic E-state index is 12.4. The number of hydrogen-bond donors (Lipinski definition) is 1. The molecule has 136 valence electrons. The van der Waals surface area contributed by atoms with Crippen LogP contribution < -0.4 is 0 Å². The summed E-state index contributed by atoms with van der Waals surface area (Å²) in [6, 6.07) is 10.6. The number of amides is 1. The van der Waals surface area contributed by atoms with Gasteiger partial charge in [-0.3, -0.25) is 14.2 Å². The molecule has 0 spiro atoms. The number of furan rings is 1. The number of thiocarbonyl (C=S) groups is 1. The highest BCUT2D eigenvalue weighted by Gasteiger charge is 2.32. The Kier molecular flexibility index (Phi) is 5.54. The fourth-order valence-corrected chi connectivity index (χ4v) is 4.06. The van der Waals surface area contributed by atoms with Crippen molar-refractivity contribution in [1.29, 1.82) is 0 Å². The number of nitrogens with zero attached hydrogens (tertiary/aromatic N) is 1. The molecule has 1 N–H and O–H groups in total. The Morgan fingerprint density at radius 1 is 1.23 bits per heavy atom. The van der Waals surface area contributed by atoms with Crippen LogP contribution in [0.4, 0.5) is 0 Å². The lowest BCUT2D eigenvalue weighted by molar-refractivity contribution is -0.121. The minimum absolute atomic E-state index is 0.199.